The number of alkyl halides is 2. The highest BCUT2D eigenvalue weighted by molar-refractivity contribution is 8.11. The fraction of sp³-hybridized carbons (Fsp3) is 0.389. The summed E-state index contributed by atoms with van der Waals surface area (Å²) in [6.45, 7) is 6.53. The summed E-state index contributed by atoms with van der Waals surface area (Å²) in [6.07, 6.45) is 5.28. The van der Waals surface area contributed by atoms with Crippen LogP contribution < -0.4 is 4.74 Å². The molecule has 0 atom stereocenters. The van der Waals surface area contributed by atoms with Gasteiger partial charge in [0.15, 0.2) is 5.78 Å². The van der Waals surface area contributed by atoms with Crippen molar-refractivity contribution in [2.45, 2.75) is 46.6 Å². The molecule has 0 N–H and O–H groups in total. The number of thioether (sulfide) groups is 1. The lowest BCUT2D eigenvalue weighted by Gasteiger charge is -2.14. The molecule has 5 heteroatoms. The Morgan fingerprint density at radius 1 is 1.39 bits per heavy atom. The van der Waals surface area contributed by atoms with Crippen molar-refractivity contribution in [3.63, 3.8) is 0 Å². The van der Waals surface area contributed by atoms with E-state index < -0.39 is 6.61 Å². The molecule has 0 unspecified atom stereocenters. The number of halogens is 2. The lowest BCUT2D eigenvalue weighted by molar-refractivity contribution is -0.0500. The third-order valence-corrected chi connectivity index (χ3v) is 4.13. The van der Waals surface area contributed by atoms with Crippen LogP contribution in [0.15, 0.2) is 35.8 Å². The van der Waals surface area contributed by atoms with Gasteiger partial charge in [-0.25, -0.2) is 0 Å². The highest BCUT2D eigenvalue weighted by atomic mass is 32.2. The predicted octanol–water partition coefficient (Wildman–Crippen LogP) is 6.29. The third kappa shape index (κ3) is 6.57. The molecule has 1 aromatic carbocycles. The fourth-order valence-corrected chi connectivity index (χ4v) is 2.83. The van der Waals surface area contributed by atoms with E-state index in [1.807, 2.05) is 6.92 Å². The van der Waals surface area contributed by atoms with E-state index in [4.69, 9.17) is 0 Å². The average molecular weight is 340 g/mol. The molecule has 0 aliphatic carbocycles. The van der Waals surface area contributed by atoms with Gasteiger partial charge >= 0.3 is 6.61 Å². The van der Waals surface area contributed by atoms with Crippen molar-refractivity contribution >= 4 is 22.5 Å². The molecule has 126 valence electrons. The standard InChI is InChI=1S/C18H22F2O2S/c1-5-6-7-8-12(2)23-14(4)16-11-15(13(3)21)9-10-17(16)22-18(19)20/h8-11,18H,4-7H2,1-3H3/b12-8-. The second-order valence-corrected chi connectivity index (χ2v) is 6.47. The van der Waals surface area contributed by atoms with Crippen LogP contribution in [-0.4, -0.2) is 12.4 Å². The average Bonchev–Trinajstić information content (AvgIpc) is 2.46. The van der Waals surface area contributed by atoms with Crippen molar-refractivity contribution in [2.75, 3.05) is 0 Å². The molecule has 0 amide bonds. The Morgan fingerprint density at radius 3 is 2.65 bits per heavy atom. The van der Waals surface area contributed by atoms with Gasteiger partial charge in [-0.2, -0.15) is 8.78 Å². The number of Topliss-reactive ketones (excluding diaryl/α,β-unsaturated/α-hetero) is 1. The second kappa shape index (κ2) is 9.50. The van der Waals surface area contributed by atoms with Gasteiger partial charge < -0.3 is 4.74 Å². The molecule has 0 bridgehead atoms. The van der Waals surface area contributed by atoms with Crippen molar-refractivity contribution in [2.24, 2.45) is 0 Å². The minimum atomic E-state index is -2.92. The molecule has 0 radical (unpaired) electrons. The van der Waals surface area contributed by atoms with Crippen LogP contribution >= 0.6 is 11.8 Å². The zero-order valence-electron chi connectivity index (χ0n) is 13.7. The Morgan fingerprint density at radius 2 is 2.09 bits per heavy atom. The number of ketones is 1. The molecule has 0 spiro atoms. The maximum absolute atomic E-state index is 12.6. The van der Waals surface area contributed by atoms with Crippen LogP contribution in [0.5, 0.6) is 5.75 Å². The highest BCUT2D eigenvalue weighted by Gasteiger charge is 2.15. The zero-order valence-corrected chi connectivity index (χ0v) is 14.5. The van der Waals surface area contributed by atoms with Crippen LogP contribution in [0.2, 0.25) is 0 Å². The van der Waals surface area contributed by atoms with Gasteiger partial charge in [-0.05, 0) is 43.4 Å². The van der Waals surface area contributed by atoms with Gasteiger partial charge in [0, 0.05) is 16.0 Å². The molecule has 0 heterocycles. The van der Waals surface area contributed by atoms with E-state index in [9.17, 15) is 13.6 Å². The van der Waals surface area contributed by atoms with Gasteiger partial charge in [0.25, 0.3) is 0 Å². The molecule has 1 rings (SSSR count). The first-order chi connectivity index (χ1) is 10.8. The van der Waals surface area contributed by atoms with E-state index in [2.05, 4.69) is 24.3 Å². The Hall–Kier alpha value is -1.62. The maximum atomic E-state index is 12.6. The van der Waals surface area contributed by atoms with Crippen LogP contribution in [0.4, 0.5) is 8.78 Å². The zero-order chi connectivity index (χ0) is 17.4. The number of allylic oxidation sites excluding steroid dienone is 2. The SMILES string of the molecule is C=C(S/C(C)=C\CCCC)c1cc(C(C)=O)ccc1OC(F)F. The van der Waals surface area contributed by atoms with E-state index in [0.29, 0.717) is 16.0 Å². The van der Waals surface area contributed by atoms with E-state index in [1.54, 1.807) is 6.07 Å². The van der Waals surface area contributed by atoms with Crippen LogP contribution in [0.25, 0.3) is 4.91 Å². The van der Waals surface area contributed by atoms with Gasteiger partial charge in [-0.15, -0.1) is 0 Å². The van der Waals surface area contributed by atoms with E-state index in [-0.39, 0.29) is 11.5 Å². The predicted molar refractivity (Wildman–Crippen MR) is 93.0 cm³/mol. The maximum Gasteiger partial charge on any atom is 0.387 e. The summed E-state index contributed by atoms with van der Waals surface area (Å²) in [5, 5.41) is 0. The topological polar surface area (TPSA) is 26.3 Å². The summed E-state index contributed by atoms with van der Waals surface area (Å²) in [5.41, 5.74) is 0.863. The first kappa shape index (κ1) is 19.4. The molecule has 2 nitrogen and oxygen atoms in total. The van der Waals surface area contributed by atoms with Crippen molar-refractivity contribution in [3.05, 3.63) is 46.9 Å². The molecule has 0 aliphatic heterocycles. The van der Waals surface area contributed by atoms with E-state index >= 15 is 0 Å². The van der Waals surface area contributed by atoms with E-state index in [1.165, 1.54) is 30.8 Å². The van der Waals surface area contributed by atoms with Crippen LogP contribution in [0.3, 0.4) is 0 Å². The summed E-state index contributed by atoms with van der Waals surface area (Å²) in [6, 6.07) is 4.42. The van der Waals surface area contributed by atoms with Crippen molar-refractivity contribution in [3.8, 4) is 5.75 Å². The number of hydrogen-bond acceptors (Lipinski definition) is 3. The fourth-order valence-electron chi connectivity index (χ4n) is 1.97. The van der Waals surface area contributed by atoms with Crippen LogP contribution in [0.1, 0.15) is 56.0 Å². The molecule has 0 saturated heterocycles. The molecular formula is C18H22F2O2S. The highest BCUT2D eigenvalue weighted by Crippen LogP contribution is 2.38. The number of rotatable bonds is 9. The molecule has 0 fully saturated rings. The first-order valence-electron chi connectivity index (χ1n) is 7.48. The summed E-state index contributed by atoms with van der Waals surface area (Å²) >= 11 is 1.40. The Labute approximate surface area is 140 Å². The summed E-state index contributed by atoms with van der Waals surface area (Å²) in [7, 11) is 0. The largest absolute Gasteiger partial charge is 0.434 e. The lowest BCUT2D eigenvalue weighted by atomic mass is 10.1. The molecule has 1 aromatic rings. The Bertz CT molecular complexity index is 595. The Balaban J connectivity index is 3.01. The molecule has 0 saturated carbocycles. The Kier molecular flexibility index (Phi) is 8.03. The number of ether oxygens (including phenoxy) is 1. The number of hydrogen-bond donors (Lipinski definition) is 0. The van der Waals surface area contributed by atoms with Gasteiger partial charge in [0.1, 0.15) is 5.75 Å². The molecule has 0 aromatic heterocycles. The minimum absolute atomic E-state index is 0.0314. The summed E-state index contributed by atoms with van der Waals surface area (Å²) in [4.78, 5) is 13.1. The number of unbranched alkanes of at least 4 members (excludes halogenated alkanes) is 2. The van der Waals surface area contributed by atoms with Crippen LogP contribution in [0, 0.1) is 0 Å². The monoisotopic (exact) mass is 340 g/mol. The number of carbonyl (C=O) groups is 1. The van der Waals surface area contributed by atoms with Gasteiger partial charge in [0.05, 0.1) is 0 Å². The molecule has 23 heavy (non-hydrogen) atoms. The van der Waals surface area contributed by atoms with Gasteiger partial charge in [0.2, 0.25) is 0 Å². The minimum Gasteiger partial charge on any atom is -0.434 e. The second-order valence-electron chi connectivity index (χ2n) is 5.13. The molecular weight excluding hydrogens is 318 g/mol. The first-order valence-corrected chi connectivity index (χ1v) is 8.30. The van der Waals surface area contributed by atoms with Gasteiger partial charge in [-0.1, -0.05) is 44.2 Å². The molecule has 0 aliphatic rings. The summed E-state index contributed by atoms with van der Waals surface area (Å²) < 4.78 is 29.7. The summed E-state index contributed by atoms with van der Waals surface area (Å²) in [5.74, 6) is -0.105. The number of carbonyl (C=O) groups excluding carboxylic acids is 1. The number of benzene rings is 1. The van der Waals surface area contributed by atoms with E-state index in [0.717, 1.165) is 24.2 Å². The quantitative estimate of drug-likeness (QED) is 0.390. The van der Waals surface area contributed by atoms with Crippen LogP contribution in [-0.2, 0) is 0 Å². The third-order valence-electron chi connectivity index (χ3n) is 3.18. The van der Waals surface area contributed by atoms with Crippen molar-refractivity contribution in [1.29, 1.82) is 0 Å². The smallest absolute Gasteiger partial charge is 0.387 e. The van der Waals surface area contributed by atoms with Crippen molar-refractivity contribution < 1.29 is 18.3 Å². The van der Waals surface area contributed by atoms with Gasteiger partial charge in [-0.3, -0.25) is 4.79 Å². The van der Waals surface area contributed by atoms with Crippen molar-refractivity contribution in [1.82, 2.24) is 0 Å². The lowest BCUT2D eigenvalue weighted by Crippen LogP contribution is -2.05. The normalized spacial score (nSPS) is 11.7.